The van der Waals surface area contributed by atoms with Crippen molar-refractivity contribution in [3.63, 3.8) is 0 Å². The number of nitrogens with zero attached hydrogens (tertiary/aromatic N) is 3. The van der Waals surface area contributed by atoms with E-state index in [4.69, 9.17) is 13.9 Å². The standard InChI is InChI=1S/C22H21N3O5/c1-23-18-16(21(26)24(2)22(23)27)17(13-6-8-14(28-3)9-7-13)25-10-12-30-20(19(18)25)15-5-4-11-29-15/h4-9,11,20H,10,12H2,1-3H3/t20-/m1/s1. The Morgan fingerprint density at radius 2 is 1.83 bits per heavy atom. The van der Waals surface area contributed by atoms with Crippen LogP contribution in [-0.4, -0.2) is 27.4 Å². The molecule has 0 fully saturated rings. The molecule has 3 aromatic heterocycles. The van der Waals surface area contributed by atoms with Gasteiger partial charge in [-0.2, -0.15) is 0 Å². The van der Waals surface area contributed by atoms with Crippen molar-refractivity contribution >= 4 is 10.9 Å². The van der Waals surface area contributed by atoms with E-state index in [0.717, 1.165) is 27.3 Å². The normalized spacial score (nSPS) is 16.0. The maximum Gasteiger partial charge on any atom is 0.331 e. The lowest BCUT2D eigenvalue weighted by Gasteiger charge is -2.26. The highest BCUT2D eigenvalue weighted by atomic mass is 16.5. The van der Waals surface area contributed by atoms with Crippen LogP contribution in [0, 0.1) is 0 Å². The summed E-state index contributed by atoms with van der Waals surface area (Å²) in [5.74, 6) is 1.36. The molecule has 0 bridgehead atoms. The van der Waals surface area contributed by atoms with Gasteiger partial charge in [0, 0.05) is 20.6 Å². The van der Waals surface area contributed by atoms with Crippen molar-refractivity contribution in [1.82, 2.24) is 13.7 Å². The Morgan fingerprint density at radius 1 is 1.07 bits per heavy atom. The highest BCUT2D eigenvalue weighted by Crippen LogP contribution is 2.40. The lowest BCUT2D eigenvalue weighted by atomic mass is 10.1. The van der Waals surface area contributed by atoms with Crippen molar-refractivity contribution in [2.45, 2.75) is 12.6 Å². The number of aromatic nitrogens is 3. The van der Waals surface area contributed by atoms with Crippen LogP contribution in [-0.2, 0) is 25.4 Å². The van der Waals surface area contributed by atoms with Crippen LogP contribution < -0.4 is 16.0 Å². The van der Waals surface area contributed by atoms with Crippen LogP contribution in [0.3, 0.4) is 0 Å². The highest BCUT2D eigenvalue weighted by molar-refractivity contribution is 5.96. The topological polar surface area (TPSA) is 80.5 Å². The molecule has 8 heteroatoms. The smallest absolute Gasteiger partial charge is 0.331 e. The predicted molar refractivity (Wildman–Crippen MR) is 111 cm³/mol. The summed E-state index contributed by atoms with van der Waals surface area (Å²) in [6, 6.07) is 11.2. The SMILES string of the molecule is COc1ccc(-c2c3c(=O)n(C)c(=O)n(C)c3c3n2CCO[C@@H]3c2ccco2)cc1. The molecule has 8 nitrogen and oxygen atoms in total. The van der Waals surface area contributed by atoms with Gasteiger partial charge in [-0.3, -0.25) is 13.9 Å². The summed E-state index contributed by atoms with van der Waals surface area (Å²) in [7, 11) is 4.79. The fraction of sp³-hybridized carbons (Fsp3) is 0.273. The number of fused-ring (bicyclic) bond motifs is 3. The molecular weight excluding hydrogens is 386 g/mol. The Balaban J connectivity index is 1.93. The molecule has 0 N–H and O–H groups in total. The maximum absolute atomic E-state index is 13.3. The lowest BCUT2D eigenvalue weighted by molar-refractivity contribution is 0.0347. The van der Waals surface area contributed by atoms with Crippen LogP contribution in [0.2, 0.25) is 0 Å². The average molecular weight is 407 g/mol. The molecule has 0 saturated heterocycles. The Hall–Kier alpha value is -3.52. The first kappa shape index (κ1) is 18.5. The molecule has 4 aromatic rings. The zero-order valence-corrected chi connectivity index (χ0v) is 16.9. The molecule has 4 heterocycles. The molecule has 5 rings (SSSR count). The van der Waals surface area contributed by atoms with Crippen molar-refractivity contribution in [2.24, 2.45) is 14.1 Å². The van der Waals surface area contributed by atoms with Gasteiger partial charge in [0.1, 0.15) is 11.5 Å². The van der Waals surface area contributed by atoms with E-state index >= 15 is 0 Å². The summed E-state index contributed by atoms with van der Waals surface area (Å²) >= 11 is 0. The summed E-state index contributed by atoms with van der Waals surface area (Å²) in [5.41, 5.74) is 2.22. The number of benzene rings is 1. The van der Waals surface area contributed by atoms with Crippen LogP contribution in [0.4, 0.5) is 0 Å². The molecule has 1 aromatic carbocycles. The van der Waals surface area contributed by atoms with Gasteiger partial charge in [0.25, 0.3) is 5.56 Å². The number of furan rings is 1. The van der Waals surface area contributed by atoms with E-state index in [2.05, 4.69) is 4.57 Å². The van der Waals surface area contributed by atoms with Crippen LogP contribution in [0.15, 0.2) is 56.7 Å². The minimum atomic E-state index is -0.513. The van der Waals surface area contributed by atoms with Crippen LogP contribution in [0.25, 0.3) is 22.2 Å². The lowest BCUT2D eigenvalue weighted by Crippen LogP contribution is -2.37. The quantitative estimate of drug-likeness (QED) is 0.521. The number of aryl methyl sites for hydroxylation is 1. The van der Waals surface area contributed by atoms with Crippen LogP contribution >= 0.6 is 0 Å². The third-order valence-electron chi connectivity index (χ3n) is 5.72. The molecule has 154 valence electrons. The third-order valence-corrected chi connectivity index (χ3v) is 5.72. The fourth-order valence-electron chi connectivity index (χ4n) is 4.29. The van der Waals surface area contributed by atoms with E-state index in [1.807, 2.05) is 30.3 Å². The van der Waals surface area contributed by atoms with Crippen LogP contribution in [0.1, 0.15) is 17.6 Å². The average Bonchev–Trinajstić information content (AvgIpc) is 3.42. The monoisotopic (exact) mass is 407 g/mol. The van der Waals surface area contributed by atoms with Crippen molar-refractivity contribution < 1.29 is 13.9 Å². The molecule has 0 aliphatic carbocycles. The zero-order valence-electron chi connectivity index (χ0n) is 16.9. The molecule has 1 atom stereocenters. The number of methoxy groups -OCH3 is 1. The fourth-order valence-corrected chi connectivity index (χ4v) is 4.29. The second-order valence-electron chi connectivity index (χ2n) is 7.31. The second kappa shape index (κ2) is 6.77. The van der Waals surface area contributed by atoms with Gasteiger partial charge in [-0.25, -0.2) is 4.79 Å². The van der Waals surface area contributed by atoms with E-state index in [0.29, 0.717) is 29.8 Å². The van der Waals surface area contributed by atoms with Gasteiger partial charge in [-0.15, -0.1) is 0 Å². The molecule has 0 radical (unpaired) electrons. The first-order valence-corrected chi connectivity index (χ1v) is 9.64. The number of rotatable bonds is 3. The molecule has 0 saturated carbocycles. The second-order valence-corrected chi connectivity index (χ2v) is 7.31. The van der Waals surface area contributed by atoms with E-state index in [-0.39, 0.29) is 11.2 Å². The van der Waals surface area contributed by atoms with Gasteiger partial charge in [0.05, 0.1) is 42.3 Å². The van der Waals surface area contributed by atoms with Crippen LogP contribution in [0.5, 0.6) is 5.75 Å². The molecular formula is C22H21N3O5. The van der Waals surface area contributed by atoms with E-state index in [1.165, 1.54) is 11.6 Å². The summed E-state index contributed by atoms with van der Waals surface area (Å²) in [5, 5.41) is 0.488. The maximum atomic E-state index is 13.3. The first-order valence-electron chi connectivity index (χ1n) is 9.64. The highest BCUT2D eigenvalue weighted by Gasteiger charge is 2.34. The third kappa shape index (κ3) is 2.50. The van der Waals surface area contributed by atoms with Crippen molar-refractivity contribution in [1.29, 1.82) is 0 Å². The summed E-state index contributed by atoms with van der Waals surface area (Å²) < 4.78 is 21.7. The van der Waals surface area contributed by atoms with Gasteiger partial charge >= 0.3 is 5.69 Å². The largest absolute Gasteiger partial charge is 0.497 e. The Bertz CT molecular complexity index is 1360. The van der Waals surface area contributed by atoms with Gasteiger partial charge in [0.2, 0.25) is 0 Å². The summed E-state index contributed by atoms with van der Waals surface area (Å²) in [6.07, 6.45) is 1.08. The van der Waals surface area contributed by atoms with Gasteiger partial charge in [-0.1, -0.05) is 0 Å². The van der Waals surface area contributed by atoms with E-state index in [9.17, 15) is 9.59 Å². The molecule has 1 aliphatic heterocycles. The summed E-state index contributed by atoms with van der Waals surface area (Å²) in [4.78, 5) is 26.0. The van der Waals surface area contributed by atoms with Crippen molar-refractivity contribution in [3.8, 4) is 17.0 Å². The Morgan fingerprint density at radius 3 is 2.50 bits per heavy atom. The van der Waals surface area contributed by atoms with E-state index in [1.54, 1.807) is 26.5 Å². The molecule has 0 unspecified atom stereocenters. The molecule has 30 heavy (non-hydrogen) atoms. The van der Waals surface area contributed by atoms with E-state index < -0.39 is 6.10 Å². The number of hydrogen-bond acceptors (Lipinski definition) is 5. The number of ether oxygens (including phenoxy) is 2. The summed E-state index contributed by atoms with van der Waals surface area (Å²) in [6.45, 7) is 1.01. The zero-order chi connectivity index (χ0) is 21.0. The van der Waals surface area contributed by atoms with Crippen molar-refractivity contribution in [3.05, 3.63) is 75.0 Å². The molecule has 1 aliphatic rings. The molecule has 0 spiro atoms. The minimum absolute atomic E-state index is 0.334. The first-order chi connectivity index (χ1) is 14.5. The number of hydrogen-bond donors (Lipinski definition) is 0. The van der Waals surface area contributed by atoms with Crippen molar-refractivity contribution in [2.75, 3.05) is 13.7 Å². The Kier molecular flexibility index (Phi) is 4.18. The van der Waals surface area contributed by atoms with Gasteiger partial charge < -0.3 is 18.5 Å². The predicted octanol–water partition coefficient (Wildman–Crippen LogP) is 2.43. The van der Waals surface area contributed by atoms with Gasteiger partial charge in [0.15, 0.2) is 6.10 Å². The van der Waals surface area contributed by atoms with Gasteiger partial charge in [-0.05, 0) is 42.0 Å². The Labute approximate surface area is 171 Å². The molecule has 0 amide bonds. The minimum Gasteiger partial charge on any atom is -0.497 e.